The van der Waals surface area contributed by atoms with Crippen LogP contribution < -0.4 is 21.1 Å². The number of rotatable bonds is 9. The number of β-amino-alcohol motifs (C(OH)–C–C–N with tert-alkyl or cyclic N) is 1. The zero-order valence-corrected chi connectivity index (χ0v) is 19.6. The van der Waals surface area contributed by atoms with Crippen LogP contribution in [0.5, 0.6) is 5.75 Å². The van der Waals surface area contributed by atoms with Crippen molar-refractivity contribution in [3.8, 4) is 5.75 Å². The molecule has 1 aliphatic heterocycles. The maximum absolute atomic E-state index is 13.3. The number of imide groups is 1. The number of benzene rings is 2. The first kappa shape index (κ1) is 25.2. The van der Waals surface area contributed by atoms with E-state index < -0.39 is 30.2 Å². The highest BCUT2D eigenvalue weighted by atomic mass is 35.5. The van der Waals surface area contributed by atoms with Gasteiger partial charge in [0.15, 0.2) is 12.5 Å². The van der Waals surface area contributed by atoms with Crippen molar-refractivity contribution in [2.24, 2.45) is 5.73 Å². The Morgan fingerprint density at radius 3 is 2.44 bits per heavy atom. The molecule has 1 heterocycles. The maximum atomic E-state index is 13.3. The molecule has 1 aliphatic rings. The summed E-state index contributed by atoms with van der Waals surface area (Å²) in [6.07, 6.45) is 0.416. The molecule has 2 unspecified atom stereocenters. The van der Waals surface area contributed by atoms with E-state index in [1.807, 2.05) is 0 Å². The number of nitrogens with one attached hydrogen (secondary N) is 2. The van der Waals surface area contributed by atoms with Crippen LogP contribution in [0.2, 0.25) is 5.02 Å². The van der Waals surface area contributed by atoms with Gasteiger partial charge in [-0.1, -0.05) is 23.7 Å². The second-order valence-corrected chi connectivity index (χ2v) is 8.82. The molecule has 11 heteroatoms. The summed E-state index contributed by atoms with van der Waals surface area (Å²) in [6, 6.07) is 12.6. The van der Waals surface area contributed by atoms with E-state index in [1.54, 1.807) is 48.5 Å². The molecule has 1 saturated heterocycles. The summed E-state index contributed by atoms with van der Waals surface area (Å²) < 4.78 is 5.43. The zero-order chi connectivity index (χ0) is 24.9. The first-order valence-electron chi connectivity index (χ1n) is 10.5. The number of amides is 4. The fourth-order valence-electron chi connectivity index (χ4n) is 3.28. The lowest BCUT2D eigenvalue weighted by molar-refractivity contribution is 0.0363. The molecule has 34 heavy (non-hydrogen) atoms. The van der Waals surface area contributed by atoms with Crippen LogP contribution >= 0.6 is 11.6 Å². The summed E-state index contributed by atoms with van der Waals surface area (Å²) >= 11 is 5.98. The number of hydrogen-bond acceptors (Lipinski definition) is 7. The third-order valence-corrected chi connectivity index (χ3v) is 5.06. The van der Waals surface area contributed by atoms with Gasteiger partial charge in [-0.2, -0.15) is 0 Å². The van der Waals surface area contributed by atoms with E-state index in [4.69, 9.17) is 27.2 Å². The summed E-state index contributed by atoms with van der Waals surface area (Å²) in [5, 5.41) is 25.4. The SMILES string of the molecule is CC(C)(O)CN1C(=O)NC(Nc2ccc(OC(N)/C=C\O)cc2)N(Cc2ccc(Cl)cc2)C1=O. The molecule has 0 saturated carbocycles. The molecule has 0 bridgehead atoms. The quantitative estimate of drug-likeness (QED) is 0.269. The summed E-state index contributed by atoms with van der Waals surface area (Å²) in [5.41, 5.74) is 5.83. The summed E-state index contributed by atoms with van der Waals surface area (Å²) in [5.74, 6) is 0.467. The Hall–Kier alpha value is -3.47. The predicted molar refractivity (Wildman–Crippen MR) is 128 cm³/mol. The molecule has 10 nitrogen and oxygen atoms in total. The van der Waals surface area contributed by atoms with Gasteiger partial charge in [0.05, 0.1) is 25.0 Å². The molecule has 2 aromatic rings. The molecule has 0 aromatic heterocycles. The second-order valence-electron chi connectivity index (χ2n) is 8.38. The van der Waals surface area contributed by atoms with Gasteiger partial charge < -0.3 is 20.3 Å². The largest absolute Gasteiger partial charge is 0.516 e. The molecule has 4 amide bonds. The van der Waals surface area contributed by atoms with Crippen LogP contribution in [0.3, 0.4) is 0 Å². The van der Waals surface area contributed by atoms with Crippen molar-refractivity contribution in [3.63, 3.8) is 0 Å². The molecule has 3 rings (SSSR count). The molecule has 0 aliphatic carbocycles. The van der Waals surface area contributed by atoms with Gasteiger partial charge in [-0.25, -0.2) is 14.5 Å². The predicted octanol–water partition coefficient (Wildman–Crippen LogP) is 3.19. The first-order valence-corrected chi connectivity index (χ1v) is 10.9. The number of halogens is 1. The molecule has 6 N–H and O–H groups in total. The molecule has 2 atom stereocenters. The van der Waals surface area contributed by atoms with Crippen molar-refractivity contribution in [1.29, 1.82) is 0 Å². The number of anilines is 1. The van der Waals surface area contributed by atoms with Gasteiger partial charge in [0.25, 0.3) is 0 Å². The number of hydrogen-bond donors (Lipinski definition) is 5. The van der Waals surface area contributed by atoms with Crippen LogP contribution in [0, 0.1) is 0 Å². The van der Waals surface area contributed by atoms with Gasteiger partial charge in [0, 0.05) is 16.8 Å². The van der Waals surface area contributed by atoms with Gasteiger partial charge >= 0.3 is 12.1 Å². The number of ether oxygens (including phenoxy) is 1. The Labute approximate surface area is 202 Å². The molecule has 2 aromatic carbocycles. The number of carbonyl (C=O) groups excluding carboxylic acids is 2. The average molecular weight is 490 g/mol. The highest BCUT2D eigenvalue weighted by Gasteiger charge is 2.40. The van der Waals surface area contributed by atoms with Crippen molar-refractivity contribution in [1.82, 2.24) is 15.1 Å². The summed E-state index contributed by atoms with van der Waals surface area (Å²) in [7, 11) is 0. The Balaban J connectivity index is 1.80. The third-order valence-electron chi connectivity index (χ3n) is 4.81. The van der Waals surface area contributed by atoms with Gasteiger partial charge in [0.2, 0.25) is 0 Å². The molecule has 0 spiro atoms. The Bertz CT molecular complexity index is 1020. The summed E-state index contributed by atoms with van der Waals surface area (Å²) in [4.78, 5) is 28.4. The molecular weight excluding hydrogens is 462 g/mol. The van der Waals surface area contributed by atoms with Crippen molar-refractivity contribution in [3.05, 3.63) is 71.5 Å². The lowest BCUT2D eigenvalue weighted by Gasteiger charge is -2.42. The topological polar surface area (TPSA) is 140 Å². The third kappa shape index (κ3) is 6.77. The molecule has 182 valence electrons. The standard InChI is InChI=1S/C23H28ClN5O5/c1-23(2,33)14-29-21(31)27-20(28(22(29)32)13-15-3-5-16(24)6-4-15)26-17-7-9-18(10-8-17)34-19(25)11-12-30/h3-12,19-20,26,30,33H,13-14,25H2,1-2H3,(H,27,31)/b12-11-. The van der Waals surface area contributed by atoms with E-state index >= 15 is 0 Å². The monoisotopic (exact) mass is 489 g/mol. The second kappa shape index (κ2) is 10.6. The Kier molecular flexibility index (Phi) is 7.87. The maximum Gasteiger partial charge on any atom is 0.331 e. The van der Waals surface area contributed by atoms with E-state index in [1.165, 1.54) is 24.8 Å². The van der Waals surface area contributed by atoms with Crippen LogP contribution in [0.15, 0.2) is 60.9 Å². The fourth-order valence-corrected chi connectivity index (χ4v) is 3.41. The van der Waals surface area contributed by atoms with Gasteiger partial charge in [0.1, 0.15) is 5.75 Å². The van der Waals surface area contributed by atoms with E-state index in [9.17, 15) is 14.7 Å². The molecule has 1 fully saturated rings. The van der Waals surface area contributed by atoms with Crippen LogP contribution in [-0.2, 0) is 6.54 Å². The lowest BCUT2D eigenvalue weighted by Crippen LogP contribution is -2.68. The van der Waals surface area contributed by atoms with E-state index in [0.29, 0.717) is 16.5 Å². The highest BCUT2D eigenvalue weighted by Crippen LogP contribution is 2.22. The van der Waals surface area contributed by atoms with Gasteiger partial charge in [-0.3, -0.25) is 16.0 Å². The van der Waals surface area contributed by atoms with E-state index in [0.717, 1.165) is 16.7 Å². The number of aliphatic hydroxyl groups excluding tert-OH is 1. The molecular formula is C23H28ClN5O5. The van der Waals surface area contributed by atoms with Crippen LogP contribution in [-0.4, -0.2) is 56.7 Å². The van der Waals surface area contributed by atoms with Crippen molar-refractivity contribution in [2.45, 2.75) is 38.5 Å². The summed E-state index contributed by atoms with van der Waals surface area (Å²) in [6.45, 7) is 3.05. The molecule has 0 radical (unpaired) electrons. The van der Waals surface area contributed by atoms with E-state index in [-0.39, 0.29) is 13.1 Å². The van der Waals surface area contributed by atoms with Crippen molar-refractivity contribution < 1.29 is 24.5 Å². The number of urea groups is 2. The normalized spacial score (nSPS) is 17.6. The lowest BCUT2D eigenvalue weighted by atomic mass is 10.1. The van der Waals surface area contributed by atoms with Crippen molar-refractivity contribution in [2.75, 3.05) is 11.9 Å². The van der Waals surface area contributed by atoms with Crippen LogP contribution in [0.25, 0.3) is 0 Å². The minimum atomic E-state index is -1.26. The first-order chi connectivity index (χ1) is 16.1. The van der Waals surface area contributed by atoms with Crippen LogP contribution in [0.1, 0.15) is 19.4 Å². The van der Waals surface area contributed by atoms with Crippen LogP contribution in [0.4, 0.5) is 15.3 Å². The number of nitrogens with zero attached hydrogens (tertiary/aromatic N) is 2. The minimum Gasteiger partial charge on any atom is -0.516 e. The van der Waals surface area contributed by atoms with Crippen molar-refractivity contribution >= 4 is 29.4 Å². The number of aliphatic hydroxyl groups is 2. The van der Waals surface area contributed by atoms with Gasteiger partial charge in [-0.05, 0) is 55.8 Å². The smallest absolute Gasteiger partial charge is 0.331 e. The average Bonchev–Trinajstić information content (AvgIpc) is 2.76. The highest BCUT2D eigenvalue weighted by molar-refractivity contribution is 6.30. The zero-order valence-electron chi connectivity index (χ0n) is 18.8. The van der Waals surface area contributed by atoms with E-state index in [2.05, 4.69) is 10.6 Å². The number of nitrogens with two attached hydrogens (primary N) is 1. The Morgan fingerprint density at radius 1 is 1.21 bits per heavy atom. The van der Waals surface area contributed by atoms with Gasteiger partial charge in [-0.15, -0.1) is 0 Å². The minimum absolute atomic E-state index is 0.171. The Morgan fingerprint density at radius 2 is 1.85 bits per heavy atom. The fraction of sp³-hybridized carbons (Fsp3) is 0.304. The number of carbonyl (C=O) groups is 2.